The number of amides is 1. The maximum atomic E-state index is 13.7. The Kier molecular flexibility index (Phi) is 5.58. The lowest BCUT2D eigenvalue weighted by molar-refractivity contribution is -0.144. The van der Waals surface area contributed by atoms with E-state index in [-0.39, 0.29) is 29.5 Å². The number of carboxylic acids is 1. The van der Waals surface area contributed by atoms with E-state index >= 15 is 0 Å². The molecule has 1 unspecified atom stereocenters. The van der Waals surface area contributed by atoms with Gasteiger partial charge < -0.3 is 15.2 Å². The van der Waals surface area contributed by atoms with Crippen LogP contribution in [-0.2, 0) is 9.59 Å². The minimum Gasteiger partial charge on any atom is -0.494 e. The second-order valence-corrected chi connectivity index (χ2v) is 6.01. The number of carboxylic acid groups (broad SMARTS) is 1. The summed E-state index contributed by atoms with van der Waals surface area (Å²) in [7, 11) is 1.40. The summed E-state index contributed by atoms with van der Waals surface area (Å²) in [6.07, 6.45) is 2.21. The zero-order valence-corrected chi connectivity index (χ0v) is 13.3. The Morgan fingerprint density at radius 3 is 2.39 bits per heavy atom. The van der Waals surface area contributed by atoms with Crippen LogP contribution >= 0.6 is 0 Å². The molecule has 1 fully saturated rings. The van der Waals surface area contributed by atoms with Gasteiger partial charge in [0.2, 0.25) is 5.91 Å². The zero-order valence-electron chi connectivity index (χ0n) is 13.3. The van der Waals surface area contributed by atoms with Crippen molar-refractivity contribution in [3.05, 3.63) is 29.6 Å². The standard InChI is InChI=1S/C17H22FNO4/c1-10(13-7-8-15(23-2)14(18)9-13)19-16(20)11-3-5-12(6-4-11)17(21)22/h7-12H,3-6H2,1-2H3,(H,19,20)(H,21,22). The quantitative estimate of drug-likeness (QED) is 0.873. The molecule has 1 saturated carbocycles. The first kappa shape index (κ1) is 17.2. The lowest BCUT2D eigenvalue weighted by Crippen LogP contribution is -2.35. The number of nitrogens with one attached hydrogen (secondary N) is 1. The molecule has 5 nitrogen and oxygen atoms in total. The largest absolute Gasteiger partial charge is 0.494 e. The van der Waals surface area contributed by atoms with Crippen LogP contribution in [0.4, 0.5) is 4.39 Å². The van der Waals surface area contributed by atoms with E-state index in [1.165, 1.54) is 19.2 Å². The van der Waals surface area contributed by atoms with Gasteiger partial charge >= 0.3 is 5.97 Å². The number of benzene rings is 1. The van der Waals surface area contributed by atoms with Crippen LogP contribution in [0.15, 0.2) is 18.2 Å². The highest BCUT2D eigenvalue weighted by atomic mass is 19.1. The van der Waals surface area contributed by atoms with Gasteiger partial charge in [-0.05, 0) is 50.3 Å². The number of rotatable bonds is 5. The minimum absolute atomic E-state index is 0.0995. The molecule has 126 valence electrons. The second kappa shape index (κ2) is 7.44. The van der Waals surface area contributed by atoms with Crippen molar-refractivity contribution in [3.63, 3.8) is 0 Å². The SMILES string of the molecule is COc1ccc(C(C)NC(=O)C2CCC(C(=O)O)CC2)cc1F. The first-order valence-corrected chi connectivity index (χ1v) is 7.79. The fraction of sp³-hybridized carbons (Fsp3) is 0.529. The monoisotopic (exact) mass is 323 g/mol. The molecular formula is C17H22FNO4. The Hall–Kier alpha value is -2.11. The van der Waals surface area contributed by atoms with Crippen LogP contribution in [0, 0.1) is 17.7 Å². The number of carbonyl (C=O) groups excluding carboxylic acids is 1. The van der Waals surface area contributed by atoms with Crippen LogP contribution in [0.5, 0.6) is 5.75 Å². The molecule has 0 heterocycles. The topological polar surface area (TPSA) is 75.6 Å². The molecule has 1 atom stereocenters. The summed E-state index contributed by atoms with van der Waals surface area (Å²) >= 11 is 0. The van der Waals surface area contributed by atoms with Gasteiger partial charge in [0.15, 0.2) is 11.6 Å². The average Bonchev–Trinajstić information content (AvgIpc) is 2.54. The number of hydrogen-bond donors (Lipinski definition) is 2. The van der Waals surface area contributed by atoms with Crippen molar-refractivity contribution in [1.82, 2.24) is 5.32 Å². The fourth-order valence-electron chi connectivity index (χ4n) is 2.97. The van der Waals surface area contributed by atoms with E-state index < -0.39 is 11.8 Å². The van der Waals surface area contributed by atoms with E-state index in [1.54, 1.807) is 13.0 Å². The normalized spacial score (nSPS) is 22.2. The molecular weight excluding hydrogens is 301 g/mol. The van der Waals surface area contributed by atoms with E-state index in [4.69, 9.17) is 9.84 Å². The average molecular weight is 323 g/mol. The van der Waals surface area contributed by atoms with Gasteiger partial charge in [-0.3, -0.25) is 9.59 Å². The number of carbonyl (C=O) groups is 2. The Bertz CT molecular complexity index is 582. The van der Waals surface area contributed by atoms with Gasteiger partial charge in [-0.1, -0.05) is 6.07 Å². The van der Waals surface area contributed by atoms with E-state index in [0.717, 1.165) is 0 Å². The minimum atomic E-state index is -0.786. The Morgan fingerprint density at radius 2 is 1.87 bits per heavy atom. The van der Waals surface area contributed by atoms with Gasteiger partial charge in [0.05, 0.1) is 19.1 Å². The van der Waals surface area contributed by atoms with Crippen molar-refractivity contribution in [2.75, 3.05) is 7.11 Å². The number of halogens is 1. The maximum absolute atomic E-state index is 13.7. The maximum Gasteiger partial charge on any atom is 0.306 e. The third kappa shape index (κ3) is 4.21. The first-order chi connectivity index (χ1) is 10.9. The molecule has 1 aliphatic carbocycles. The number of aliphatic carboxylic acids is 1. The van der Waals surface area contributed by atoms with Gasteiger partial charge in [-0.25, -0.2) is 4.39 Å². The van der Waals surface area contributed by atoms with Crippen molar-refractivity contribution >= 4 is 11.9 Å². The van der Waals surface area contributed by atoms with Gasteiger partial charge in [0.1, 0.15) is 0 Å². The third-order valence-corrected chi connectivity index (χ3v) is 4.48. The van der Waals surface area contributed by atoms with E-state index in [9.17, 15) is 14.0 Å². The molecule has 2 N–H and O–H groups in total. The fourth-order valence-corrected chi connectivity index (χ4v) is 2.97. The number of ether oxygens (including phenoxy) is 1. The Balaban J connectivity index is 1.92. The summed E-state index contributed by atoms with van der Waals surface area (Å²) in [5.41, 5.74) is 0.663. The van der Waals surface area contributed by atoms with Crippen molar-refractivity contribution in [1.29, 1.82) is 0 Å². The van der Waals surface area contributed by atoms with Crippen molar-refractivity contribution < 1.29 is 23.8 Å². The summed E-state index contributed by atoms with van der Waals surface area (Å²) in [6.45, 7) is 1.79. The highest BCUT2D eigenvalue weighted by Crippen LogP contribution is 2.30. The molecule has 0 aliphatic heterocycles. The van der Waals surface area contributed by atoms with Crippen LogP contribution in [0.3, 0.4) is 0 Å². The van der Waals surface area contributed by atoms with Crippen molar-refractivity contribution in [2.45, 2.75) is 38.6 Å². The molecule has 0 aromatic heterocycles. The summed E-state index contributed by atoms with van der Waals surface area (Å²) in [6, 6.07) is 4.28. The molecule has 0 bridgehead atoms. The van der Waals surface area contributed by atoms with Crippen LogP contribution in [-0.4, -0.2) is 24.1 Å². The van der Waals surface area contributed by atoms with Crippen LogP contribution in [0.2, 0.25) is 0 Å². The van der Waals surface area contributed by atoms with Crippen molar-refractivity contribution in [2.24, 2.45) is 11.8 Å². The van der Waals surface area contributed by atoms with E-state index in [2.05, 4.69) is 5.32 Å². The molecule has 0 radical (unpaired) electrons. The highest BCUT2D eigenvalue weighted by Gasteiger charge is 2.30. The van der Waals surface area contributed by atoms with Gasteiger partial charge in [0, 0.05) is 5.92 Å². The van der Waals surface area contributed by atoms with Gasteiger partial charge in [-0.2, -0.15) is 0 Å². The first-order valence-electron chi connectivity index (χ1n) is 7.79. The molecule has 0 spiro atoms. The second-order valence-electron chi connectivity index (χ2n) is 6.01. The molecule has 0 saturated heterocycles. The lowest BCUT2D eigenvalue weighted by Gasteiger charge is -2.26. The molecule has 1 aromatic carbocycles. The summed E-state index contributed by atoms with van der Waals surface area (Å²) in [5.74, 6) is -1.70. The van der Waals surface area contributed by atoms with Gasteiger partial charge in [0.25, 0.3) is 0 Å². The smallest absolute Gasteiger partial charge is 0.306 e. The van der Waals surface area contributed by atoms with Crippen LogP contribution in [0.1, 0.15) is 44.2 Å². The predicted molar refractivity (Wildman–Crippen MR) is 82.6 cm³/mol. The molecule has 2 rings (SSSR count). The lowest BCUT2D eigenvalue weighted by atomic mass is 9.81. The van der Waals surface area contributed by atoms with Gasteiger partial charge in [-0.15, -0.1) is 0 Å². The summed E-state index contributed by atoms with van der Waals surface area (Å²) in [4.78, 5) is 23.2. The molecule has 1 amide bonds. The Morgan fingerprint density at radius 1 is 1.26 bits per heavy atom. The van der Waals surface area contributed by atoms with E-state index in [0.29, 0.717) is 31.2 Å². The Labute approximate surface area is 134 Å². The predicted octanol–water partition coefficient (Wildman–Crippen LogP) is 2.90. The summed E-state index contributed by atoms with van der Waals surface area (Å²) in [5, 5.41) is 11.9. The summed E-state index contributed by atoms with van der Waals surface area (Å²) < 4.78 is 18.6. The molecule has 6 heteroatoms. The highest BCUT2D eigenvalue weighted by molar-refractivity contribution is 5.79. The van der Waals surface area contributed by atoms with Crippen LogP contribution in [0.25, 0.3) is 0 Å². The number of methoxy groups -OCH3 is 1. The van der Waals surface area contributed by atoms with Crippen molar-refractivity contribution in [3.8, 4) is 5.75 Å². The van der Waals surface area contributed by atoms with Crippen LogP contribution < -0.4 is 10.1 Å². The zero-order chi connectivity index (χ0) is 17.0. The van der Waals surface area contributed by atoms with E-state index in [1.807, 2.05) is 0 Å². The third-order valence-electron chi connectivity index (χ3n) is 4.48. The number of hydrogen-bond acceptors (Lipinski definition) is 3. The molecule has 1 aromatic rings. The molecule has 1 aliphatic rings. The molecule has 23 heavy (non-hydrogen) atoms.